The van der Waals surface area contributed by atoms with E-state index in [9.17, 15) is 0 Å². The SMILES string of the molecule is CCSCCN1CC(C)NC(C)C1. The molecule has 13 heavy (non-hydrogen) atoms. The Hall–Kier alpha value is 0.270. The molecule has 1 saturated heterocycles. The van der Waals surface area contributed by atoms with Crippen molar-refractivity contribution < 1.29 is 0 Å². The van der Waals surface area contributed by atoms with Gasteiger partial charge in [0, 0.05) is 37.5 Å². The summed E-state index contributed by atoms with van der Waals surface area (Å²) in [6.07, 6.45) is 0. The minimum absolute atomic E-state index is 0.662. The Morgan fingerprint density at radius 1 is 1.31 bits per heavy atom. The lowest BCUT2D eigenvalue weighted by molar-refractivity contribution is 0.183. The molecule has 1 N–H and O–H groups in total. The van der Waals surface area contributed by atoms with Gasteiger partial charge in [0.15, 0.2) is 0 Å². The third-order valence-electron chi connectivity index (χ3n) is 2.39. The van der Waals surface area contributed by atoms with Gasteiger partial charge in [0.25, 0.3) is 0 Å². The molecule has 1 heterocycles. The molecule has 1 rings (SSSR count). The van der Waals surface area contributed by atoms with Crippen LogP contribution in [0.1, 0.15) is 20.8 Å². The molecule has 3 heteroatoms. The van der Waals surface area contributed by atoms with E-state index in [0.29, 0.717) is 12.1 Å². The molecule has 0 aromatic heterocycles. The van der Waals surface area contributed by atoms with E-state index < -0.39 is 0 Å². The van der Waals surface area contributed by atoms with Crippen molar-refractivity contribution in [3.8, 4) is 0 Å². The summed E-state index contributed by atoms with van der Waals surface area (Å²) in [4.78, 5) is 2.58. The summed E-state index contributed by atoms with van der Waals surface area (Å²) in [6.45, 7) is 10.5. The molecule has 1 aliphatic rings. The maximum Gasteiger partial charge on any atom is 0.0169 e. The van der Waals surface area contributed by atoms with Gasteiger partial charge < -0.3 is 5.32 Å². The first-order valence-electron chi connectivity index (χ1n) is 5.28. The van der Waals surface area contributed by atoms with Crippen molar-refractivity contribution in [2.75, 3.05) is 31.1 Å². The van der Waals surface area contributed by atoms with Crippen molar-refractivity contribution in [2.24, 2.45) is 0 Å². The van der Waals surface area contributed by atoms with Gasteiger partial charge in [-0.1, -0.05) is 6.92 Å². The molecule has 0 amide bonds. The van der Waals surface area contributed by atoms with E-state index in [-0.39, 0.29) is 0 Å². The molecule has 1 fully saturated rings. The lowest BCUT2D eigenvalue weighted by atomic mass is 10.1. The summed E-state index contributed by atoms with van der Waals surface area (Å²) in [5.74, 6) is 2.53. The van der Waals surface area contributed by atoms with Crippen LogP contribution < -0.4 is 5.32 Å². The number of thioether (sulfide) groups is 1. The minimum atomic E-state index is 0.662. The Morgan fingerprint density at radius 3 is 2.46 bits per heavy atom. The minimum Gasteiger partial charge on any atom is -0.309 e. The van der Waals surface area contributed by atoms with Crippen LogP contribution in [0.15, 0.2) is 0 Å². The number of piperazine rings is 1. The topological polar surface area (TPSA) is 15.3 Å². The van der Waals surface area contributed by atoms with E-state index in [1.807, 2.05) is 11.8 Å². The van der Waals surface area contributed by atoms with E-state index in [4.69, 9.17) is 0 Å². The summed E-state index contributed by atoms with van der Waals surface area (Å²) >= 11 is 2.04. The van der Waals surface area contributed by atoms with Crippen LogP contribution in [0.25, 0.3) is 0 Å². The number of nitrogens with one attached hydrogen (secondary N) is 1. The molecule has 78 valence electrons. The lowest BCUT2D eigenvalue weighted by Gasteiger charge is -2.36. The fourth-order valence-corrected chi connectivity index (χ4v) is 2.64. The Kier molecular flexibility index (Phi) is 5.14. The molecular weight excluding hydrogens is 180 g/mol. The van der Waals surface area contributed by atoms with Gasteiger partial charge in [-0.05, 0) is 19.6 Å². The molecule has 2 nitrogen and oxygen atoms in total. The molecule has 0 saturated carbocycles. The van der Waals surface area contributed by atoms with Crippen molar-refractivity contribution in [3.63, 3.8) is 0 Å². The zero-order chi connectivity index (χ0) is 9.68. The lowest BCUT2D eigenvalue weighted by Crippen LogP contribution is -2.54. The summed E-state index contributed by atoms with van der Waals surface area (Å²) < 4.78 is 0. The highest BCUT2D eigenvalue weighted by atomic mass is 32.2. The summed E-state index contributed by atoms with van der Waals surface area (Å²) in [5, 5.41) is 3.55. The predicted octanol–water partition coefficient (Wildman–Crippen LogP) is 1.42. The van der Waals surface area contributed by atoms with Gasteiger partial charge in [-0.3, -0.25) is 4.90 Å². The molecule has 0 radical (unpaired) electrons. The Balaban J connectivity index is 2.17. The smallest absolute Gasteiger partial charge is 0.0169 e. The zero-order valence-corrected chi connectivity index (χ0v) is 9.86. The van der Waals surface area contributed by atoms with E-state index in [1.165, 1.54) is 31.1 Å². The van der Waals surface area contributed by atoms with Crippen LogP contribution in [0.2, 0.25) is 0 Å². The molecule has 0 aromatic rings. The van der Waals surface area contributed by atoms with Crippen LogP contribution in [-0.4, -0.2) is 48.1 Å². The predicted molar refractivity (Wildman–Crippen MR) is 61.5 cm³/mol. The van der Waals surface area contributed by atoms with Crippen molar-refractivity contribution in [2.45, 2.75) is 32.9 Å². The number of rotatable bonds is 4. The van der Waals surface area contributed by atoms with Gasteiger partial charge in [0.05, 0.1) is 0 Å². The Morgan fingerprint density at radius 2 is 1.92 bits per heavy atom. The molecule has 2 atom stereocenters. The molecule has 1 aliphatic heterocycles. The van der Waals surface area contributed by atoms with Crippen LogP contribution in [0.3, 0.4) is 0 Å². The number of hydrogen-bond donors (Lipinski definition) is 1. The molecule has 0 bridgehead atoms. The molecule has 2 unspecified atom stereocenters. The summed E-state index contributed by atoms with van der Waals surface area (Å²) in [7, 11) is 0. The van der Waals surface area contributed by atoms with Crippen LogP contribution in [0.4, 0.5) is 0 Å². The maximum absolute atomic E-state index is 3.55. The van der Waals surface area contributed by atoms with Crippen molar-refractivity contribution in [1.29, 1.82) is 0 Å². The van der Waals surface area contributed by atoms with E-state index >= 15 is 0 Å². The van der Waals surface area contributed by atoms with Gasteiger partial charge >= 0.3 is 0 Å². The van der Waals surface area contributed by atoms with E-state index in [0.717, 1.165) is 0 Å². The van der Waals surface area contributed by atoms with Gasteiger partial charge in [-0.15, -0.1) is 0 Å². The molecule has 0 aliphatic carbocycles. The normalized spacial score (nSPS) is 30.7. The van der Waals surface area contributed by atoms with Crippen LogP contribution in [-0.2, 0) is 0 Å². The highest BCUT2D eigenvalue weighted by molar-refractivity contribution is 7.99. The van der Waals surface area contributed by atoms with Gasteiger partial charge in [0.1, 0.15) is 0 Å². The van der Waals surface area contributed by atoms with Crippen molar-refractivity contribution >= 4 is 11.8 Å². The number of hydrogen-bond acceptors (Lipinski definition) is 3. The third kappa shape index (κ3) is 4.34. The fraction of sp³-hybridized carbons (Fsp3) is 1.00. The Labute approximate surface area is 86.5 Å². The first kappa shape index (κ1) is 11.3. The van der Waals surface area contributed by atoms with Crippen molar-refractivity contribution in [3.05, 3.63) is 0 Å². The van der Waals surface area contributed by atoms with Gasteiger partial charge in [-0.25, -0.2) is 0 Å². The standard InChI is InChI=1S/C10H22N2S/c1-4-13-6-5-12-7-9(2)11-10(3)8-12/h9-11H,4-8H2,1-3H3. The van der Waals surface area contributed by atoms with Crippen LogP contribution in [0, 0.1) is 0 Å². The van der Waals surface area contributed by atoms with E-state index in [2.05, 4.69) is 31.0 Å². The largest absolute Gasteiger partial charge is 0.309 e. The van der Waals surface area contributed by atoms with E-state index in [1.54, 1.807) is 0 Å². The maximum atomic E-state index is 3.55. The summed E-state index contributed by atoms with van der Waals surface area (Å²) in [6, 6.07) is 1.32. The second kappa shape index (κ2) is 5.89. The highest BCUT2D eigenvalue weighted by Gasteiger charge is 2.19. The zero-order valence-electron chi connectivity index (χ0n) is 9.05. The van der Waals surface area contributed by atoms with Crippen molar-refractivity contribution in [1.82, 2.24) is 10.2 Å². The molecule has 0 aromatic carbocycles. The second-order valence-corrected chi connectivity index (χ2v) is 5.32. The monoisotopic (exact) mass is 202 g/mol. The van der Waals surface area contributed by atoms with Gasteiger partial charge in [0.2, 0.25) is 0 Å². The van der Waals surface area contributed by atoms with Gasteiger partial charge in [-0.2, -0.15) is 11.8 Å². The first-order chi connectivity index (χ1) is 6.22. The second-order valence-electron chi connectivity index (χ2n) is 3.93. The first-order valence-corrected chi connectivity index (χ1v) is 6.44. The average molecular weight is 202 g/mol. The van der Waals surface area contributed by atoms with Crippen LogP contribution in [0.5, 0.6) is 0 Å². The number of nitrogens with zero attached hydrogens (tertiary/aromatic N) is 1. The highest BCUT2D eigenvalue weighted by Crippen LogP contribution is 2.06. The third-order valence-corrected chi connectivity index (χ3v) is 3.27. The molecular formula is C10H22N2S. The quantitative estimate of drug-likeness (QED) is 0.694. The fourth-order valence-electron chi connectivity index (χ4n) is 1.96. The molecule has 0 spiro atoms. The van der Waals surface area contributed by atoms with Crippen LogP contribution >= 0.6 is 11.8 Å². The summed E-state index contributed by atoms with van der Waals surface area (Å²) in [5.41, 5.74) is 0. The Bertz CT molecular complexity index is 131. The average Bonchev–Trinajstić information content (AvgIpc) is 2.03.